The maximum absolute atomic E-state index is 13.9. The van der Waals surface area contributed by atoms with Crippen LogP contribution in [0.3, 0.4) is 0 Å². The van der Waals surface area contributed by atoms with Crippen LogP contribution in [0, 0.1) is 5.92 Å². The van der Waals surface area contributed by atoms with Gasteiger partial charge in [0.25, 0.3) is 11.5 Å². The molecule has 1 unspecified atom stereocenters. The van der Waals surface area contributed by atoms with Gasteiger partial charge >= 0.3 is 0 Å². The molecule has 5 nitrogen and oxygen atoms in total. The van der Waals surface area contributed by atoms with Gasteiger partial charge in [-0.05, 0) is 48.7 Å². The lowest BCUT2D eigenvalue weighted by Gasteiger charge is -2.32. The zero-order valence-corrected chi connectivity index (χ0v) is 19.1. The Morgan fingerprint density at radius 2 is 1.59 bits per heavy atom. The van der Waals surface area contributed by atoms with Crippen LogP contribution in [0.1, 0.15) is 49.9 Å². The molecule has 0 radical (unpaired) electrons. The van der Waals surface area contributed by atoms with Gasteiger partial charge in [0.15, 0.2) is 0 Å². The monoisotopic (exact) mass is 427 g/mol. The second-order valence-electron chi connectivity index (χ2n) is 8.59. The van der Waals surface area contributed by atoms with Gasteiger partial charge in [0.2, 0.25) is 0 Å². The van der Waals surface area contributed by atoms with Gasteiger partial charge in [-0.25, -0.2) is 4.98 Å². The fourth-order valence-corrected chi connectivity index (χ4v) is 4.33. The topological polar surface area (TPSA) is 55.2 Å². The zero-order chi connectivity index (χ0) is 22.8. The fourth-order valence-electron chi connectivity index (χ4n) is 4.33. The molecule has 1 aromatic heterocycles. The summed E-state index contributed by atoms with van der Waals surface area (Å²) in [7, 11) is 0. The maximum Gasteiger partial charge on any atom is 0.261 e. The van der Waals surface area contributed by atoms with Crippen molar-refractivity contribution in [1.82, 2.24) is 14.5 Å². The van der Waals surface area contributed by atoms with Gasteiger partial charge in [-0.15, -0.1) is 0 Å². The van der Waals surface area contributed by atoms with Gasteiger partial charge in [0.1, 0.15) is 5.82 Å². The van der Waals surface area contributed by atoms with E-state index in [0.29, 0.717) is 35.4 Å². The highest BCUT2D eigenvalue weighted by Gasteiger charge is 2.28. The van der Waals surface area contributed by atoms with Crippen LogP contribution in [0.5, 0.6) is 0 Å². The second-order valence-corrected chi connectivity index (χ2v) is 8.59. The first-order chi connectivity index (χ1) is 15.4. The molecular formula is C27H29N3O2. The summed E-state index contributed by atoms with van der Waals surface area (Å²) in [6.07, 6.45) is 0. The maximum atomic E-state index is 13.9. The third-order valence-corrected chi connectivity index (χ3v) is 5.89. The number of carbonyl (C=O) groups is 1. The smallest absolute Gasteiger partial charge is 0.261 e. The van der Waals surface area contributed by atoms with E-state index in [-0.39, 0.29) is 23.4 Å². The lowest BCUT2D eigenvalue weighted by Crippen LogP contribution is -2.39. The Balaban J connectivity index is 1.85. The van der Waals surface area contributed by atoms with E-state index < -0.39 is 0 Å². The molecule has 0 fully saturated rings. The van der Waals surface area contributed by atoms with E-state index in [4.69, 9.17) is 4.98 Å². The van der Waals surface area contributed by atoms with Gasteiger partial charge in [-0.2, -0.15) is 0 Å². The summed E-state index contributed by atoms with van der Waals surface area (Å²) < 4.78 is 1.69. The molecule has 4 aromatic rings. The Bertz CT molecular complexity index is 1330. The fraction of sp³-hybridized carbons (Fsp3) is 0.296. The van der Waals surface area contributed by atoms with Gasteiger partial charge in [0.05, 0.1) is 16.9 Å². The summed E-state index contributed by atoms with van der Waals surface area (Å²) in [5.41, 5.74) is 1.26. The van der Waals surface area contributed by atoms with E-state index >= 15 is 0 Å². The average molecular weight is 428 g/mol. The molecule has 0 saturated carbocycles. The van der Waals surface area contributed by atoms with Crippen LogP contribution < -0.4 is 5.56 Å². The van der Waals surface area contributed by atoms with E-state index in [0.717, 1.165) is 10.8 Å². The Hall–Kier alpha value is -3.47. The molecule has 1 heterocycles. The number of fused-ring (bicyclic) bond motifs is 2. The first-order valence-corrected chi connectivity index (χ1v) is 11.2. The van der Waals surface area contributed by atoms with Crippen molar-refractivity contribution in [3.63, 3.8) is 0 Å². The summed E-state index contributed by atoms with van der Waals surface area (Å²) in [5.74, 6) is 0.831. The molecule has 4 rings (SSSR count). The summed E-state index contributed by atoms with van der Waals surface area (Å²) in [4.78, 5) is 33.7. The van der Waals surface area contributed by atoms with E-state index in [1.54, 1.807) is 10.6 Å². The highest BCUT2D eigenvalue weighted by Crippen LogP contribution is 2.26. The molecular weight excluding hydrogens is 398 g/mol. The van der Waals surface area contributed by atoms with E-state index in [9.17, 15) is 9.59 Å². The van der Waals surface area contributed by atoms with E-state index in [1.165, 1.54) is 0 Å². The van der Waals surface area contributed by atoms with Crippen LogP contribution in [-0.4, -0.2) is 26.9 Å². The van der Waals surface area contributed by atoms with Crippen LogP contribution in [0.4, 0.5) is 0 Å². The van der Waals surface area contributed by atoms with Crippen molar-refractivity contribution >= 4 is 27.6 Å². The van der Waals surface area contributed by atoms with Gasteiger partial charge < -0.3 is 4.90 Å². The first kappa shape index (κ1) is 21.8. The minimum Gasteiger partial charge on any atom is -0.328 e. The SMILES string of the molecule is CCn1c(C(C)N(CC(C)C)C(=O)c2cccc3ccccc23)nc2ccccc2c1=O. The van der Waals surface area contributed by atoms with Crippen molar-refractivity contribution in [3.8, 4) is 0 Å². The number of benzene rings is 3. The van der Waals surface area contributed by atoms with Crippen LogP contribution in [0.15, 0.2) is 71.5 Å². The van der Waals surface area contributed by atoms with Crippen molar-refractivity contribution in [1.29, 1.82) is 0 Å². The van der Waals surface area contributed by atoms with Crippen molar-refractivity contribution in [2.24, 2.45) is 5.92 Å². The molecule has 0 spiro atoms. The molecule has 0 N–H and O–H groups in total. The molecule has 0 saturated heterocycles. The van der Waals surface area contributed by atoms with Gasteiger partial charge in [0, 0.05) is 18.7 Å². The molecule has 5 heteroatoms. The molecule has 0 aliphatic carbocycles. The van der Waals surface area contributed by atoms with Crippen molar-refractivity contribution < 1.29 is 4.79 Å². The summed E-state index contributed by atoms with van der Waals surface area (Å²) in [6.45, 7) is 9.15. The van der Waals surface area contributed by atoms with Crippen molar-refractivity contribution in [2.45, 2.75) is 40.3 Å². The highest BCUT2D eigenvalue weighted by atomic mass is 16.2. The molecule has 0 aliphatic heterocycles. The minimum atomic E-state index is -0.360. The number of amides is 1. The summed E-state index contributed by atoms with van der Waals surface area (Å²) in [5, 5.41) is 2.56. The Kier molecular flexibility index (Phi) is 6.08. The highest BCUT2D eigenvalue weighted by molar-refractivity contribution is 6.07. The summed E-state index contributed by atoms with van der Waals surface area (Å²) in [6, 6.07) is 20.8. The normalized spacial score (nSPS) is 12.4. The van der Waals surface area contributed by atoms with Crippen LogP contribution in [0.25, 0.3) is 21.7 Å². The average Bonchev–Trinajstić information content (AvgIpc) is 2.81. The molecule has 1 amide bonds. The predicted octanol–water partition coefficient (Wildman–Crippen LogP) is 5.43. The molecule has 1 atom stereocenters. The van der Waals surface area contributed by atoms with Crippen molar-refractivity contribution in [3.05, 3.63) is 88.5 Å². The third-order valence-electron chi connectivity index (χ3n) is 5.89. The lowest BCUT2D eigenvalue weighted by molar-refractivity contribution is 0.0655. The number of hydrogen-bond donors (Lipinski definition) is 0. The number of nitrogens with zero attached hydrogens (tertiary/aromatic N) is 3. The number of para-hydroxylation sites is 1. The Morgan fingerprint density at radius 1 is 0.938 bits per heavy atom. The molecule has 0 aliphatic rings. The molecule has 32 heavy (non-hydrogen) atoms. The Morgan fingerprint density at radius 3 is 2.31 bits per heavy atom. The number of carbonyl (C=O) groups excluding carboxylic acids is 1. The standard InChI is InChI=1S/C27H29N3O2/c1-5-29-25(28-24-16-9-8-14-23(24)27(29)32)19(4)30(17-18(2)3)26(31)22-15-10-12-20-11-6-7-13-21(20)22/h6-16,18-19H,5,17H2,1-4H3. The second kappa shape index (κ2) is 8.95. The minimum absolute atomic E-state index is 0.0481. The van der Waals surface area contributed by atoms with E-state index in [1.807, 2.05) is 79.4 Å². The van der Waals surface area contributed by atoms with Crippen LogP contribution in [-0.2, 0) is 6.54 Å². The van der Waals surface area contributed by atoms with Crippen LogP contribution >= 0.6 is 0 Å². The largest absolute Gasteiger partial charge is 0.328 e. The van der Waals surface area contributed by atoms with Gasteiger partial charge in [-0.1, -0.05) is 62.4 Å². The van der Waals surface area contributed by atoms with Crippen molar-refractivity contribution in [2.75, 3.05) is 6.54 Å². The quantitative estimate of drug-likeness (QED) is 0.412. The molecule has 3 aromatic carbocycles. The zero-order valence-electron chi connectivity index (χ0n) is 19.1. The molecule has 0 bridgehead atoms. The lowest BCUT2D eigenvalue weighted by atomic mass is 10.0. The van der Waals surface area contributed by atoms with Crippen LogP contribution in [0.2, 0.25) is 0 Å². The first-order valence-electron chi connectivity index (χ1n) is 11.2. The predicted molar refractivity (Wildman–Crippen MR) is 130 cm³/mol. The molecule has 164 valence electrons. The van der Waals surface area contributed by atoms with E-state index in [2.05, 4.69) is 13.8 Å². The summed E-state index contributed by atoms with van der Waals surface area (Å²) >= 11 is 0. The number of rotatable bonds is 6. The third kappa shape index (κ3) is 3.91. The van der Waals surface area contributed by atoms with Gasteiger partial charge in [-0.3, -0.25) is 14.2 Å². The number of hydrogen-bond acceptors (Lipinski definition) is 3. The Labute approximate surface area is 188 Å². The number of aromatic nitrogens is 2.